The first-order valence-corrected chi connectivity index (χ1v) is 8.53. The van der Waals surface area contributed by atoms with Crippen LogP contribution in [-0.4, -0.2) is 41.1 Å². The number of allylic oxidation sites excluding steroid dienone is 2. The lowest BCUT2D eigenvalue weighted by Crippen LogP contribution is -2.65. The summed E-state index contributed by atoms with van der Waals surface area (Å²) in [6.07, 6.45) is 5.13. The Morgan fingerprint density at radius 2 is 1.79 bits per heavy atom. The second-order valence-electron chi connectivity index (χ2n) is 7.41. The van der Waals surface area contributed by atoms with Crippen LogP contribution in [0.15, 0.2) is 12.2 Å². The molecular formula is C18H20O6. The van der Waals surface area contributed by atoms with Gasteiger partial charge in [-0.2, -0.15) is 0 Å². The molecule has 0 aromatic heterocycles. The molecule has 1 saturated carbocycles. The summed E-state index contributed by atoms with van der Waals surface area (Å²) in [5, 5.41) is 0. The Hall–Kier alpha value is -1.82. The molecule has 2 aliphatic heterocycles. The van der Waals surface area contributed by atoms with Crippen molar-refractivity contribution in [1.82, 2.24) is 0 Å². The maximum atomic E-state index is 13.3. The van der Waals surface area contributed by atoms with E-state index in [1.54, 1.807) is 13.8 Å². The molecule has 1 spiro atoms. The zero-order valence-corrected chi connectivity index (χ0v) is 13.8. The van der Waals surface area contributed by atoms with Crippen molar-refractivity contribution in [1.29, 1.82) is 0 Å². The third-order valence-corrected chi connectivity index (χ3v) is 6.47. The van der Waals surface area contributed by atoms with Crippen LogP contribution in [0.5, 0.6) is 0 Å². The molecule has 4 aliphatic rings. The molecule has 4 rings (SSSR count). The lowest BCUT2D eigenvalue weighted by molar-refractivity contribution is -0.176. The van der Waals surface area contributed by atoms with Gasteiger partial charge in [0, 0.05) is 0 Å². The molecule has 5 atom stereocenters. The van der Waals surface area contributed by atoms with E-state index in [-0.39, 0.29) is 18.2 Å². The zero-order chi connectivity index (χ0) is 17.3. The van der Waals surface area contributed by atoms with E-state index >= 15 is 0 Å². The fraction of sp³-hybridized carbons (Fsp3) is 0.667. The second kappa shape index (κ2) is 4.63. The quantitative estimate of drug-likeness (QED) is 0.557. The predicted molar refractivity (Wildman–Crippen MR) is 80.9 cm³/mol. The molecule has 2 bridgehead atoms. The topological polar surface area (TPSA) is 86.7 Å². The number of fused-ring (bicyclic) bond motifs is 3. The van der Waals surface area contributed by atoms with Crippen LogP contribution in [0, 0.1) is 17.3 Å². The van der Waals surface area contributed by atoms with Crippen LogP contribution >= 0.6 is 0 Å². The summed E-state index contributed by atoms with van der Waals surface area (Å²) in [5.41, 5.74) is -3.96. The third kappa shape index (κ3) is 1.42. The standard InChI is InChI=1S/C18H20O6/c1-3-23-15(22)18-13-11(20)7-6-10(19)12(13)17(24-18)9-5-4-8-16(17,2)14(18)21/h6-7,12-13H,3-5,8-9H2,1-2H3/t12-,13+,16+,17-,18+/m0/s1. The van der Waals surface area contributed by atoms with Crippen molar-refractivity contribution < 1.29 is 28.7 Å². The molecule has 2 heterocycles. The van der Waals surface area contributed by atoms with E-state index in [4.69, 9.17) is 9.47 Å². The van der Waals surface area contributed by atoms with Gasteiger partial charge in [-0.05, 0) is 38.8 Å². The van der Waals surface area contributed by atoms with Crippen LogP contribution in [0.2, 0.25) is 0 Å². The highest BCUT2D eigenvalue weighted by Gasteiger charge is 2.86. The van der Waals surface area contributed by atoms with Crippen LogP contribution in [-0.2, 0) is 28.7 Å². The van der Waals surface area contributed by atoms with E-state index in [0.717, 1.165) is 12.8 Å². The van der Waals surface area contributed by atoms with Crippen molar-refractivity contribution in [2.45, 2.75) is 50.7 Å². The molecule has 0 unspecified atom stereocenters. The summed E-state index contributed by atoms with van der Waals surface area (Å²) in [5.74, 6) is -3.70. The van der Waals surface area contributed by atoms with Crippen LogP contribution < -0.4 is 0 Å². The smallest absolute Gasteiger partial charge is 0.347 e. The maximum absolute atomic E-state index is 13.3. The van der Waals surface area contributed by atoms with Gasteiger partial charge in [-0.1, -0.05) is 12.8 Å². The summed E-state index contributed by atoms with van der Waals surface area (Å²) in [4.78, 5) is 51.3. The number of carbonyl (C=O) groups excluding carboxylic acids is 4. The van der Waals surface area contributed by atoms with Crippen molar-refractivity contribution in [3.8, 4) is 0 Å². The van der Waals surface area contributed by atoms with Gasteiger partial charge in [0.2, 0.25) is 5.60 Å². The minimum absolute atomic E-state index is 0.0797. The summed E-state index contributed by atoms with van der Waals surface area (Å²) in [6.45, 7) is 3.50. The lowest BCUT2D eigenvalue weighted by atomic mass is 9.48. The third-order valence-electron chi connectivity index (χ3n) is 6.47. The second-order valence-corrected chi connectivity index (χ2v) is 7.41. The van der Waals surface area contributed by atoms with Gasteiger partial charge in [-0.25, -0.2) is 4.79 Å². The Morgan fingerprint density at radius 1 is 1.17 bits per heavy atom. The van der Waals surface area contributed by atoms with Gasteiger partial charge < -0.3 is 9.47 Å². The molecule has 0 amide bonds. The number of ketones is 3. The maximum Gasteiger partial charge on any atom is 0.347 e. The van der Waals surface area contributed by atoms with Gasteiger partial charge in [0.1, 0.15) is 0 Å². The minimum Gasteiger partial charge on any atom is -0.463 e. The molecule has 0 N–H and O–H groups in total. The molecule has 0 aromatic carbocycles. The van der Waals surface area contributed by atoms with Gasteiger partial charge >= 0.3 is 5.97 Å². The van der Waals surface area contributed by atoms with Crippen molar-refractivity contribution >= 4 is 23.3 Å². The average Bonchev–Trinajstić information content (AvgIpc) is 2.98. The monoisotopic (exact) mass is 332 g/mol. The van der Waals surface area contributed by atoms with E-state index in [2.05, 4.69) is 0 Å². The Kier molecular flexibility index (Phi) is 3.02. The van der Waals surface area contributed by atoms with E-state index < -0.39 is 40.2 Å². The SMILES string of the molecule is CCOC(=O)[C@]12O[C@@]3(CCCC[C@]3(C)C1=O)[C@H]1C(=O)C=CC(=O)[C@H]12. The Labute approximate surface area is 139 Å². The van der Waals surface area contributed by atoms with Crippen molar-refractivity contribution in [3.05, 3.63) is 12.2 Å². The largest absolute Gasteiger partial charge is 0.463 e. The number of Topliss-reactive ketones (excluding diaryl/α,β-unsaturated/α-hetero) is 1. The first-order valence-electron chi connectivity index (χ1n) is 8.53. The Balaban J connectivity index is 1.97. The number of esters is 1. The van der Waals surface area contributed by atoms with E-state index in [9.17, 15) is 19.2 Å². The van der Waals surface area contributed by atoms with Crippen LogP contribution in [0.25, 0.3) is 0 Å². The van der Waals surface area contributed by atoms with Gasteiger partial charge in [-0.3, -0.25) is 14.4 Å². The lowest BCUT2D eigenvalue weighted by Gasteiger charge is -2.50. The molecule has 3 fully saturated rings. The molecule has 0 aromatic rings. The molecule has 2 aliphatic carbocycles. The zero-order valence-electron chi connectivity index (χ0n) is 13.8. The van der Waals surface area contributed by atoms with Crippen molar-refractivity contribution in [3.63, 3.8) is 0 Å². The fourth-order valence-corrected chi connectivity index (χ4v) is 5.47. The van der Waals surface area contributed by atoms with E-state index in [1.165, 1.54) is 12.2 Å². The van der Waals surface area contributed by atoms with Gasteiger partial charge in [0.05, 0.1) is 29.5 Å². The fourth-order valence-electron chi connectivity index (χ4n) is 5.47. The molecule has 0 radical (unpaired) electrons. The summed E-state index contributed by atoms with van der Waals surface area (Å²) in [6, 6.07) is 0. The predicted octanol–water partition coefficient (Wildman–Crippen LogP) is 1.16. The number of hydrogen-bond donors (Lipinski definition) is 0. The van der Waals surface area contributed by atoms with Gasteiger partial charge in [0.15, 0.2) is 17.3 Å². The minimum atomic E-state index is -1.96. The highest BCUT2D eigenvalue weighted by atomic mass is 16.6. The summed E-state index contributed by atoms with van der Waals surface area (Å²) in [7, 11) is 0. The van der Waals surface area contributed by atoms with Crippen molar-refractivity contribution in [2.75, 3.05) is 6.61 Å². The number of rotatable bonds is 2. The molecule has 6 heteroatoms. The first-order chi connectivity index (χ1) is 11.3. The normalized spacial score (nSPS) is 46.0. The van der Waals surface area contributed by atoms with Crippen molar-refractivity contribution in [2.24, 2.45) is 17.3 Å². The molecular weight excluding hydrogens is 312 g/mol. The van der Waals surface area contributed by atoms with Crippen LogP contribution in [0.4, 0.5) is 0 Å². The highest BCUT2D eigenvalue weighted by molar-refractivity contribution is 6.22. The Bertz CT molecular complexity index is 708. The average molecular weight is 332 g/mol. The summed E-state index contributed by atoms with van der Waals surface area (Å²) < 4.78 is 11.3. The molecule has 2 saturated heterocycles. The van der Waals surface area contributed by atoms with Crippen LogP contribution in [0.1, 0.15) is 39.5 Å². The molecule has 24 heavy (non-hydrogen) atoms. The molecule has 6 nitrogen and oxygen atoms in total. The number of ether oxygens (including phenoxy) is 2. The van der Waals surface area contributed by atoms with E-state index in [0.29, 0.717) is 12.8 Å². The first kappa shape index (κ1) is 15.7. The van der Waals surface area contributed by atoms with Crippen LogP contribution in [0.3, 0.4) is 0 Å². The number of hydrogen-bond acceptors (Lipinski definition) is 6. The van der Waals surface area contributed by atoms with Gasteiger partial charge in [-0.15, -0.1) is 0 Å². The summed E-state index contributed by atoms with van der Waals surface area (Å²) >= 11 is 0. The van der Waals surface area contributed by atoms with E-state index in [1.807, 2.05) is 0 Å². The highest BCUT2D eigenvalue weighted by Crippen LogP contribution is 2.69. The van der Waals surface area contributed by atoms with Gasteiger partial charge in [0.25, 0.3) is 0 Å². The number of carbonyl (C=O) groups is 4. The Morgan fingerprint density at radius 3 is 2.46 bits per heavy atom. The molecule has 128 valence electrons.